The smallest absolute Gasteiger partial charge is 0.428 e. The molecular weight excluding hydrogens is 440 g/mol. The maximum Gasteiger partial charge on any atom is 0.514 e. The number of ether oxygens (including phenoxy) is 3. The first-order chi connectivity index (χ1) is 13.8. The predicted octanol–water partition coefficient (Wildman–Crippen LogP) is 5.06. The Morgan fingerprint density at radius 3 is 2.38 bits per heavy atom. The van der Waals surface area contributed by atoms with E-state index in [1.54, 1.807) is 51.1 Å². The zero-order chi connectivity index (χ0) is 21.0. The Hall–Kier alpha value is -3.00. The van der Waals surface area contributed by atoms with Crippen molar-refractivity contribution in [2.75, 3.05) is 0 Å². The first-order valence-corrected chi connectivity index (χ1v) is 9.91. The summed E-state index contributed by atoms with van der Waals surface area (Å²) >= 11 is 3.37. The number of esters is 1. The number of fused-ring (bicyclic) bond motifs is 1. The van der Waals surface area contributed by atoms with Crippen molar-refractivity contribution in [2.24, 2.45) is 0 Å². The first-order valence-electron chi connectivity index (χ1n) is 8.79. The summed E-state index contributed by atoms with van der Waals surface area (Å²) in [5, 5.41) is 0.309. The van der Waals surface area contributed by atoms with Gasteiger partial charge in [-0.2, -0.15) is 0 Å². The molecule has 0 radical (unpaired) electrons. The summed E-state index contributed by atoms with van der Waals surface area (Å²) in [6.07, 6.45) is 2.01. The number of halogens is 1. The van der Waals surface area contributed by atoms with Crippen LogP contribution in [0.15, 0.2) is 48.8 Å². The average Bonchev–Trinajstić information content (AvgIpc) is 2.66. The molecule has 0 atom stereocenters. The molecule has 0 saturated carbocycles. The molecule has 2 aromatic carbocycles. The molecule has 0 aliphatic heterocycles. The Kier molecular flexibility index (Phi) is 6.12. The van der Waals surface area contributed by atoms with Gasteiger partial charge in [0.15, 0.2) is 5.75 Å². The van der Waals surface area contributed by atoms with E-state index in [1.165, 1.54) is 12.4 Å². The Balaban J connectivity index is 2.10. The van der Waals surface area contributed by atoms with Crippen LogP contribution in [-0.2, 0) is 10.1 Å². The quantitative estimate of drug-likeness (QED) is 0.233. The van der Waals surface area contributed by atoms with Gasteiger partial charge in [0, 0.05) is 17.7 Å². The molecule has 3 aromatic rings. The molecule has 1 heterocycles. The summed E-state index contributed by atoms with van der Waals surface area (Å²) < 4.78 is 16.2. The minimum absolute atomic E-state index is 0.0553. The van der Waals surface area contributed by atoms with E-state index in [4.69, 9.17) is 14.2 Å². The summed E-state index contributed by atoms with van der Waals surface area (Å²) in [7, 11) is 0. The third-order valence-corrected chi connectivity index (χ3v) is 4.28. The summed E-state index contributed by atoms with van der Waals surface area (Å²) in [6, 6.07) is 10.3. The van der Waals surface area contributed by atoms with Crippen molar-refractivity contribution >= 4 is 39.1 Å². The van der Waals surface area contributed by atoms with Crippen molar-refractivity contribution < 1.29 is 23.8 Å². The van der Waals surface area contributed by atoms with Crippen LogP contribution in [0.2, 0.25) is 0 Å². The number of carbonyl (C=O) groups excluding carboxylic acids is 2. The van der Waals surface area contributed by atoms with Gasteiger partial charge in [0.25, 0.3) is 0 Å². The van der Waals surface area contributed by atoms with Crippen molar-refractivity contribution in [3.63, 3.8) is 0 Å². The molecule has 0 spiro atoms. The molecule has 7 nitrogen and oxygen atoms in total. The molecule has 29 heavy (non-hydrogen) atoms. The fraction of sp³-hybridized carbons (Fsp3) is 0.238. The predicted molar refractivity (Wildman–Crippen MR) is 110 cm³/mol. The van der Waals surface area contributed by atoms with Crippen molar-refractivity contribution in [3.05, 3.63) is 59.9 Å². The molecule has 0 unspecified atom stereocenters. The monoisotopic (exact) mass is 458 g/mol. The fourth-order valence-corrected chi connectivity index (χ4v) is 3.00. The Bertz CT molecular complexity index is 1050. The number of hydrogen-bond donors (Lipinski definition) is 0. The number of aromatic nitrogens is 2. The molecule has 0 fully saturated rings. The van der Waals surface area contributed by atoms with E-state index in [0.717, 1.165) is 0 Å². The number of hydrogen-bond acceptors (Lipinski definition) is 7. The van der Waals surface area contributed by atoms with Crippen LogP contribution in [0.25, 0.3) is 11.0 Å². The van der Waals surface area contributed by atoms with E-state index in [2.05, 4.69) is 25.9 Å². The van der Waals surface area contributed by atoms with E-state index in [-0.39, 0.29) is 16.8 Å². The van der Waals surface area contributed by atoms with Gasteiger partial charge in [0.05, 0.1) is 5.52 Å². The highest BCUT2D eigenvalue weighted by atomic mass is 79.9. The SMILES string of the molecule is CC(C)(C)OC(=O)Oc1c(C(=O)Oc2ccccc2)c(CBr)cc2nccnc12. The van der Waals surface area contributed by atoms with E-state index < -0.39 is 17.7 Å². The molecule has 0 aliphatic rings. The van der Waals surface area contributed by atoms with Crippen molar-refractivity contribution in [3.8, 4) is 11.5 Å². The second kappa shape index (κ2) is 8.57. The van der Waals surface area contributed by atoms with Crippen LogP contribution in [0.1, 0.15) is 36.7 Å². The highest BCUT2D eigenvalue weighted by molar-refractivity contribution is 9.08. The molecule has 0 amide bonds. The zero-order valence-electron chi connectivity index (χ0n) is 16.1. The van der Waals surface area contributed by atoms with Gasteiger partial charge >= 0.3 is 12.1 Å². The molecule has 0 aliphatic carbocycles. The van der Waals surface area contributed by atoms with Gasteiger partial charge in [0.2, 0.25) is 0 Å². The standard InChI is InChI=1S/C21H19BrN2O5/c1-21(2,3)29-20(26)28-18-16(19(25)27-14-7-5-4-6-8-14)13(12-22)11-15-17(18)24-10-9-23-15/h4-11H,12H2,1-3H3. The lowest BCUT2D eigenvalue weighted by Crippen LogP contribution is -2.27. The molecule has 150 valence electrons. The number of nitrogens with zero attached hydrogens (tertiary/aromatic N) is 2. The van der Waals surface area contributed by atoms with Gasteiger partial charge in [-0.05, 0) is 44.5 Å². The Labute approximate surface area is 176 Å². The number of alkyl halides is 1. The van der Waals surface area contributed by atoms with Gasteiger partial charge in [-0.1, -0.05) is 34.1 Å². The Morgan fingerprint density at radius 1 is 1.03 bits per heavy atom. The number of rotatable bonds is 4. The van der Waals surface area contributed by atoms with E-state index in [9.17, 15) is 9.59 Å². The largest absolute Gasteiger partial charge is 0.514 e. The molecule has 8 heteroatoms. The normalized spacial score (nSPS) is 11.2. The lowest BCUT2D eigenvalue weighted by atomic mass is 10.1. The van der Waals surface area contributed by atoms with Gasteiger partial charge in [0.1, 0.15) is 22.4 Å². The Morgan fingerprint density at radius 2 is 1.72 bits per heavy atom. The minimum Gasteiger partial charge on any atom is -0.428 e. The number of carbonyl (C=O) groups is 2. The molecule has 0 bridgehead atoms. The molecule has 0 saturated heterocycles. The zero-order valence-corrected chi connectivity index (χ0v) is 17.7. The van der Waals surface area contributed by atoms with Crippen LogP contribution in [0.3, 0.4) is 0 Å². The van der Waals surface area contributed by atoms with Crippen LogP contribution >= 0.6 is 15.9 Å². The molecule has 0 N–H and O–H groups in total. The fourth-order valence-electron chi connectivity index (χ4n) is 2.56. The van der Waals surface area contributed by atoms with Crippen molar-refractivity contribution in [1.29, 1.82) is 0 Å². The van der Waals surface area contributed by atoms with E-state index >= 15 is 0 Å². The van der Waals surface area contributed by atoms with Gasteiger partial charge in [-0.25, -0.2) is 14.6 Å². The van der Waals surface area contributed by atoms with E-state index in [1.807, 2.05) is 6.07 Å². The van der Waals surface area contributed by atoms with Crippen LogP contribution in [-0.4, -0.2) is 27.7 Å². The summed E-state index contributed by atoms with van der Waals surface area (Å²) in [5.41, 5.74) is 0.568. The van der Waals surface area contributed by atoms with Crippen molar-refractivity contribution in [2.45, 2.75) is 31.7 Å². The average molecular weight is 459 g/mol. The van der Waals surface area contributed by atoms with Crippen LogP contribution in [0.5, 0.6) is 11.5 Å². The van der Waals surface area contributed by atoms with Crippen molar-refractivity contribution in [1.82, 2.24) is 9.97 Å². The van der Waals surface area contributed by atoms with Crippen LogP contribution in [0.4, 0.5) is 4.79 Å². The second-order valence-corrected chi connectivity index (χ2v) is 7.63. The van der Waals surface area contributed by atoms with Gasteiger partial charge < -0.3 is 14.2 Å². The summed E-state index contributed by atoms with van der Waals surface area (Å²) in [6.45, 7) is 5.14. The lowest BCUT2D eigenvalue weighted by molar-refractivity contribution is 0.0207. The number of para-hydroxylation sites is 1. The number of benzene rings is 2. The maximum absolute atomic E-state index is 13.0. The van der Waals surface area contributed by atoms with Crippen LogP contribution < -0.4 is 9.47 Å². The minimum atomic E-state index is -0.954. The summed E-state index contributed by atoms with van der Waals surface area (Å²) in [5.74, 6) is -0.377. The highest BCUT2D eigenvalue weighted by Crippen LogP contribution is 2.33. The maximum atomic E-state index is 13.0. The third-order valence-electron chi connectivity index (χ3n) is 3.68. The topological polar surface area (TPSA) is 87.6 Å². The second-order valence-electron chi connectivity index (χ2n) is 7.07. The van der Waals surface area contributed by atoms with Gasteiger partial charge in [-0.3, -0.25) is 4.98 Å². The van der Waals surface area contributed by atoms with E-state index in [0.29, 0.717) is 22.2 Å². The van der Waals surface area contributed by atoms with Crippen LogP contribution in [0, 0.1) is 0 Å². The molecular formula is C21H19BrN2O5. The third kappa shape index (κ3) is 5.08. The first kappa shape index (κ1) is 20.7. The highest BCUT2D eigenvalue weighted by Gasteiger charge is 2.27. The lowest BCUT2D eigenvalue weighted by Gasteiger charge is -2.20. The molecule has 3 rings (SSSR count). The van der Waals surface area contributed by atoms with Gasteiger partial charge in [-0.15, -0.1) is 0 Å². The summed E-state index contributed by atoms with van der Waals surface area (Å²) in [4.78, 5) is 33.8. The molecule has 1 aromatic heterocycles.